The number of rotatable bonds is 4. The minimum absolute atomic E-state index is 0.0380. The fourth-order valence-corrected chi connectivity index (χ4v) is 5.36. The van der Waals surface area contributed by atoms with E-state index in [1.165, 1.54) is 11.1 Å². The second-order valence-electron chi connectivity index (χ2n) is 7.97. The van der Waals surface area contributed by atoms with Crippen LogP contribution < -0.4 is 5.32 Å². The summed E-state index contributed by atoms with van der Waals surface area (Å²) in [6.45, 7) is 5.56. The van der Waals surface area contributed by atoms with E-state index in [1.807, 2.05) is 24.4 Å². The largest absolute Gasteiger partial charge is 0.376 e. The van der Waals surface area contributed by atoms with Gasteiger partial charge < -0.3 is 10.1 Å². The highest BCUT2D eigenvalue weighted by molar-refractivity contribution is 7.22. The van der Waals surface area contributed by atoms with Crippen molar-refractivity contribution in [1.29, 1.82) is 0 Å². The minimum atomic E-state index is -0.0380. The maximum absolute atomic E-state index is 13.3. The maximum atomic E-state index is 13.3. The Kier molecular flexibility index (Phi) is 5.01. The van der Waals surface area contributed by atoms with E-state index in [9.17, 15) is 4.79 Å². The van der Waals surface area contributed by atoms with Crippen LogP contribution in [0, 0.1) is 13.8 Å². The van der Waals surface area contributed by atoms with Crippen molar-refractivity contribution in [3.8, 4) is 11.1 Å². The zero-order chi connectivity index (χ0) is 20.7. The van der Waals surface area contributed by atoms with Crippen molar-refractivity contribution >= 4 is 38.2 Å². The number of nitrogens with one attached hydrogen (secondary N) is 1. The van der Waals surface area contributed by atoms with E-state index >= 15 is 0 Å². The molecular weight excluding hydrogens is 392 g/mol. The highest BCUT2D eigenvalue weighted by atomic mass is 32.1. The number of amides is 1. The van der Waals surface area contributed by atoms with E-state index in [1.54, 1.807) is 11.3 Å². The predicted molar refractivity (Wildman–Crippen MR) is 123 cm³/mol. The molecule has 1 unspecified atom stereocenters. The number of thiophene rings is 1. The van der Waals surface area contributed by atoms with Gasteiger partial charge in [0.1, 0.15) is 4.88 Å². The third kappa shape index (κ3) is 3.38. The van der Waals surface area contributed by atoms with Crippen LogP contribution in [0.3, 0.4) is 0 Å². The third-order valence-electron chi connectivity index (χ3n) is 5.94. The molecule has 2 aromatic heterocycles. The topological polar surface area (TPSA) is 51.2 Å². The molecule has 1 saturated heterocycles. The van der Waals surface area contributed by atoms with Gasteiger partial charge in [0.25, 0.3) is 5.91 Å². The van der Waals surface area contributed by atoms with Gasteiger partial charge in [-0.25, -0.2) is 0 Å². The molecule has 3 heterocycles. The van der Waals surface area contributed by atoms with E-state index in [0.717, 1.165) is 56.4 Å². The lowest BCUT2D eigenvalue weighted by atomic mass is 9.98. The summed E-state index contributed by atoms with van der Waals surface area (Å²) < 4.78 is 6.79. The molecule has 5 rings (SSSR count). The van der Waals surface area contributed by atoms with E-state index in [-0.39, 0.29) is 12.0 Å². The summed E-state index contributed by atoms with van der Waals surface area (Å²) in [6, 6.07) is 14.5. The molecule has 5 heteroatoms. The number of ether oxygens (including phenoxy) is 1. The molecule has 0 saturated carbocycles. The molecule has 1 aliphatic heterocycles. The van der Waals surface area contributed by atoms with E-state index < -0.39 is 0 Å². The van der Waals surface area contributed by atoms with Gasteiger partial charge in [-0.15, -0.1) is 11.3 Å². The summed E-state index contributed by atoms with van der Waals surface area (Å²) in [4.78, 5) is 18.7. The molecule has 0 radical (unpaired) electrons. The number of hydrogen-bond acceptors (Lipinski definition) is 4. The zero-order valence-electron chi connectivity index (χ0n) is 17.2. The number of carbonyl (C=O) groups is 1. The van der Waals surface area contributed by atoms with Gasteiger partial charge in [0.15, 0.2) is 0 Å². The lowest BCUT2D eigenvalue weighted by molar-refractivity contribution is 0.0861. The van der Waals surface area contributed by atoms with Crippen molar-refractivity contribution in [2.24, 2.45) is 0 Å². The molecule has 1 N–H and O–H groups in total. The molecule has 0 spiro atoms. The Labute approximate surface area is 179 Å². The van der Waals surface area contributed by atoms with Gasteiger partial charge in [-0.05, 0) is 49.4 Å². The predicted octanol–water partition coefficient (Wildman–Crippen LogP) is 5.64. The highest BCUT2D eigenvalue weighted by Gasteiger charge is 2.23. The van der Waals surface area contributed by atoms with Crippen LogP contribution in [0.5, 0.6) is 0 Å². The number of benzene rings is 2. The summed E-state index contributed by atoms with van der Waals surface area (Å²) in [5, 5.41) is 5.23. The second kappa shape index (κ2) is 7.82. The van der Waals surface area contributed by atoms with Gasteiger partial charge in [0, 0.05) is 40.4 Å². The lowest BCUT2D eigenvalue weighted by Gasteiger charge is -2.12. The summed E-state index contributed by atoms with van der Waals surface area (Å²) in [7, 11) is 0. The van der Waals surface area contributed by atoms with Crippen LogP contribution in [0.2, 0.25) is 0 Å². The van der Waals surface area contributed by atoms with E-state index in [0.29, 0.717) is 6.54 Å². The Hall–Kier alpha value is -2.76. The SMILES string of the molecule is Cc1ccc(-c2c(C(=O)NCC3CCCO3)sc3c2cnc2ccccc23)cc1C. The molecular formula is C25H24N2O2S. The average Bonchev–Trinajstić information content (AvgIpc) is 3.42. The van der Waals surface area contributed by atoms with Gasteiger partial charge >= 0.3 is 0 Å². The first-order valence-corrected chi connectivity index (χ1v) is 11.2. The number of carbonyl (C=O) groups excluding carboxylic acids is 1. The van der Waals surface area contributed by atoms with Crippen molar-refractivity contribution in [3.63, 3.8) is 0 Å². The van der Waals surface area contributed by atoms with Crippen molar-refractivity contribution < 1.29 is 9.53 Å². The summed E-state index contributed by atoms with van der Waals surface area (Å²) >= 11 is 1.56. The Balaban J connectivity index is 1.66. The number of fused-ring (bicyclic) bond motifs is 3. The van der Waals surface area contributed by atoms with Crippen molar-refractivity contribution in [2.75, 3.05) is 13.2 Å². The molecule has 1 fully saturated rings. The van der Waals surface area contributed by atoms with Crippen LogP contribution in [-0.2, 0) is 4.74 Å². The smallest absolute Gasteiger partial charge is 0.262 e. The first kappa shape index (κ1) is 19.2. The average molecular weight is 417 g/mol. The van der Waals surface area contributed by atoms with Crippen molar-refractivity contribution in [2.45, 2.75) is 32.8 Å². The quantitative estimate of drug-likeness (QED) is 0.468. The molecule has 1 amide bonds. The van der Waals surface area contributed by atoms with Gasteiger partial charge in [0.05, 0.1) is 11.6 Å². The molecule has 152 valence electrons. The maximum Gasteiger partial charge on any atom is 0.262 e. The first-order valence-electron chi connectivity index (χ1n) is 10.4. The van der Waals surface area contributed by atoms with Gasteiger partial charge in [-0.1, -0.05) is 36.4 Å². The number of nitrogens with zero attached hydrogens (tertiary/aromatic N) is 1. The normalized spacial score (nSPS) is 16.4. The Morgan fingerprint density at radius 1 is 1.17 bits per heavy atom. The number of aromatic nitrogens is 1. The summed E-state index contributed by atoms with van der Waals surface area (Å²) in [5.74, 6) is -0.0380. The minimum Gasteiger partial charge on any atom is -0.376 e. The highest BCUT2D eigenvalue weighted by Crippen LogP contribution is 2.41. The number of pyridine rings is 1. The fourth-order valence-electron chi connectivity index (χ4n) is 4.12. The summed E-state index contributed by atoms with van der Waals surface area (Å²) in [6.07, 6.45) is 4.10. The summed E-state index contributed by atoms with van der Waals surface area (Å²) in [5.41, 5.74) is 5.44. The van der Waals surface area contributed by atoms with Crippen LogP contribution in [-0.4, -0.2) is 30.1 Å². The Morgan fingerprint density at radius 3 is 2.83 bits per heavy atom. The molecule has 0 bridgehead atoms. The Morgan fingerprint density at radius 2 is 2.03 bits per heavy atom. The third-order valence-corrected chi connectivity index (χ3v) is 7.18. The zero-order valence-corrected chi connectivity index (χ0v) is 18.0. The molecule has 4 nitrogen and oxygen atoms in total. The van der Waals surface area contributed by atoms with Gasteiger partial charge in [0.2, 0.25) is 0 Å². The Bertz CT molecular complexity index is 1250. The van der Waals surface area contributed by atoms with Crippen LogP contribution in [0.15, 0.2) is 48.7 Å². The van der Waals surface area contributed by atoms with Crippen molar-refractivity contribution in [1.82, 2.24) is 10.3 Å². The molecule has 1 atom stereocenters. The molecule has 1 aliphatic rings. The van der Waals surface area contributed by atoms with Crippen LogP contribution in [0.4, 0.5) is 0 Å². The molecule has 2 aromatic carbocycles. The monoisotopic (exact) mass is 416 g/mol. The standard InChI is InChI=1S/C25H24N2O2S/c1-15-9-10-17(12-16(15)2)22-20-14-26-21-8-4-3-7-19(21)23(20)30-24(22)25(28)27-13-18-6-5-11-29-18/h3-4,7-10,12,14,18H,5-6,11,13H2,1-2H3,(H,27,28). The molecule has 30 heavy (non-hydrogen) atoms. The van der Waals surface area contributed by atoms with Crippen molar-refractivity contribution in [3.05, 3.63) is 64.7 Å². The second-order valence-corrected chi connectivity index (χ2v) is 8.99. The lowest BCUT2D eigenvalue weighted by Crippen LogP contribution is -2.31. The number of aryl methyl sites for hydroxylation is 2. The fraction of sp³-hybridized carbons (Fsp3) is 0.280. The van der Waals surface area contributed by atoms with Gasteiger partial charge in [-0.2, -0.15) is 0 Å². The van der Waals surface area contributed by atoms with Gasteiger partial charge in [-0.3, -0.25) is 9.78 Å². The first-order chi connectivity index (χ1) is 14.6. The van der Waals surface area contributed by atoms with Crippen LogP contribution in [0.1, 0.15) is 33.6 Å². The molecule has 0 aliphatic carbocycles. The number of hydrogen-bond donors (Lipinski definition) is 1. The van der Waals surface area contributed by atoms with Crippen LogP contribution >= 0.6 is 11.3 Å². The van der Waals surface area contributed by atoms with E-state index in [2.05, 4.69) is 48.4 Å². The number of para-hydroxylation sites is 1. The van der Waals surface area contributed by atoms with E-state index in [4.69, 9.17) is 4.74 Å². The molecule has 4 aromatic rings. The van der Waals surface area contributed by atoms with Crippen LogP contribution in [0.25, 0.3) is 32.1 Å².